The fraction of sp³-hybridized carbons (Fsp3) is 0.150. The molecule has 9 heteroatoms. The molecule has 0 aromatic carbocycles. The number of hydrogen-bond acceptors (Lipinski definition) is 8. The Labute approximate surface area is 168 Å². The number of rotatable bonds is 4. The van der Waals surface area contributed by atoms with E-state index in [0.717, 1.165) is 11.3 Å². The Morgan fingerprint density at radius 2 is 2.14 bits per heavy atom. The summed E-state index contributed by atoms with van der Waals surface area (Å²) in [5, 5.41) is 9.90. The van der Waals surface area contributed by atoms with Crippen molar-refractivity contribution in [3.8, 4) is 6.07 Å². The van der Waals surface area contributed by atoms with Crippen LogP contribution in [0.4, 0.5) is 0 Å². The Morgan fingerprint density at radius 3 is 2.76 bits per heavy atom. The van der Waals surface area contributed by atoms with Crippen molar-refractivity contribution < 1.29 is 18.4 Å². The molecular formula is C20H15N3O5S. The third kappa shape index (κ3) is 2.99. The number of fused-ring (bicyclic) bond motifs is 1. The van der Waals surface area contributed by atoms with Gasteiger partial charge >= 0.3 is 5.97 Å². The monoisotopic (exact) mass is 409 g/mol. The van der Waals surface area contributed by atoms with Gasteiger partial charge < -0.3 is 19.3 Å². The van der Waals surface area contributed by atoms with Gasteiger partial charge in [-0.2, -0.15) is 5.26 Å². The predicted octanol–water partition coefficient (Wildman–Crippen LogP) is 1.09. The molecule has 1 aliphatic rings. The van der Waals surface area contributed by atoms with Crippen LogP contribution in [0.1, 0.15) is 24.4 Å². The first kappa shape index (κ1) is 18.6. The molecule has 29 heavy (non-hydrogen) atoms. The zero-order chi connectivity index (χ0) is 20.5. The number of nitrogens with zero attached hydrogens (tertiary/aromatic N) is 2. The normalized spacial score (nSPS) is 16.6. The smallest absolute Gasteiger partial charge is 0.338 e. The molecule has 0 saturated heterocycles. The maximum absolute atomic E-state index is 13.0. The highest BCUT2D eigenvalue weighted by Gasteiger charge is 2.38. The number of carbonyl (C=O) groups excluding carboxylic acids is 1. The van der Waals surface area contributed by atoms with Crippen molar-refractivity contribution in [1.82, 2.24) is 4.57 Å². The summed E-state index contributed by atoms with van der Waals surface area (Å²) in [5.41, 5.74) is 5.99. The van der Waals surface area contributed by atoms with Crippen molar-refractivity contribution in [3.63, 3.8) is 0 Å². The molecule has 3 aromatic heterocycles. The third-order valence-electron chi connectivity index (χ3n) is 4.41. The predicted molar refractivity (Wildman–Crippen MR) is 105 cm³/mol. The van der Waals surface area contributed by atoms with Crippen molar-refractivity contribution >= 4 is 34.8 Å². The summed E-state index contributed by atoms with van der Waals surface area (Å²) >= 11 is 1.09. The number of nitrogens with two attached hydrogens (primary N) is 1. The number of aromatic nitrogens is 1. The quantitative estimate of drug-likeness (QED) is 0.640. The Hall–Kier alpha value is -3.77. The first-order valence-corrected chi connectivity index (χ1v) is 9.50. The molecule has 0 radical (unpaired) electrons. The van der Waals surface area contributed by atoms with Gasteiger partial charge in [-0.1, -0.05) is 0 Å². The van der Waals surface area contributed by atoms with Gasteiger partial charge in [0.1, 0.15) is 22.0 Å². The van der Waals surface area contributed by atoms with Gasteiger partial charge in [0.15, 0.2) is 0 Å². The lowest BCUT2D eigenvalue weighted by Gasteiger charge is -2.23. The maximum Gasteiger partial charge on any atom is 0.338 e. The van der Waals surface area contributed by atoms with E-state index in [1.807, 2.05) is 0 Å². The largest absolute Gasteiger partial charge is 0.468 e. The summed E-state index contributed by atoms with van der Waals surface area (Å²) in [5.74, 6) is -0.825. The molecule has 3 aromatic rings. The Morgan fingerprint density at radius 1 is 1.38 bits per heavy atom. The van der Waals surface area contributed by atoms with Crippen LogP contribution >= 0.6 is 11.3 Å². The molecule has 4 rings (SSSR count). The molecule has 0 amide bonds. The average Bonchev–Trinajstić information content (AvgIpc) is 3.45. The molecule has 0 saturated carbocycles. The van der Waals surface area contributed by atoms with Crippen LogP contribution in [0, 0.1) is 11.3 Å². The summed E-state index contributed by atoms with van der Waals surface area (Å²) < 4.78 is 17.7. The van der Waals surface area contributed by atoms with E-state index in [4.69, 9.17) is 19.3 Å². The van der Waals surface area contributed by atoms with E-state index in [9.17, 15) is 14.9 Å². The van der Waals surface area contributed by atoms with E-state index >= 15 is 0 Å². The van der Waals surface area contributed by atoms with Gasteiger partial charge in [0.05, 0.1) is 46.8 Å². The minimum absolute atomic E-state index is 0.00435. The van der Waals surface area contributed by atoms with Crippen LogP contribution < -0.4 is 20.5 Å². The topological polar surface area (TPSA) is 124 Å². The molecule has 0 fully saturated rings. The molecule has 8 nitrogen and oxygen atoms in total. The zero-order valence-corrected chi connectivity index (χ0v) is 16.1. The molecule has 2 N–H and O–H groups in total. The summed E-state index contributed by atoms with van der Waals surface area (Å²) in [7, 11) is 0. The summed E-state index contributed by atoms with van der Waals surface area (Å²) in [6.45, 7) is 1.78. The maximum atomic E-state index is 13.0. The highest BCUT2D eigenvalue weighted by molar-refractivity contribution is 7.07. The molecule has 1 aliphatic heterocycles. The van der Waals surface area contributed by atoms with Crippen molar-refractivity contribution in [2.75, 3.05) is 6.61 Å². The van der Waals surface area contributed by atoms with Gasteiger partial charge in [-0.05, 0) is 31.2 Å². The minimum Gasteiger partial charge on any atom is -0.468 e. The third-order valence-corrected chi connectivity index (χ3v) is 5.52. The van der Waals surface area contributed by atoms with Crippen molar-refractivity contribution in [2.24, 2.45) is 5.73 Å². The van der Waals surface area contributed by atoms with Crippen molar-refractivity contribution in [1.29, 1.82) is 5.26 Å². The van der Waals surface area contributed by atoms with Gasteiger partial charge in [0, 0.05) is 6.08 Å². The Kier molecular flexibility index (Phi) is 4.70. The molecule has 0 aliphatic carbocycles. The number of carbonyl (C=O) groups is 1. The SMILES string of the molecule is CCOC(=O)C1=C(N)n2c(s/c(=C\c3ccco3)c2=O)=C(C#N)[C@H]1c1ccco1. The number of esters is 1. The lowest BCUT2D eigenvalue weighted by molar-refractivity contribution is -0.138. The second kappa shape index (κ2) is 7.33. The van der Waals surface area contributed by atoms with E-state index in [1.165, 1.54) is 17.1 Å². The number of thiazole rings is 1. The minimum atomic E-state index is -0.872. The van der Waals surface area contributed by atoms with E-state index < -0.39 is 17.4 Å². The van der Waals surface area contributed by atoms with Crippen LogP contribution in [0.25, 0.3) is 17.5 Å². The standard InChI is InChI=1S/C20H15N3O5S/c1-2-26-20(25)16-15(13-6-4-8-28-13)12(10-21)19-23(17(16)22)18(24)14(29-19)9-11-5-3-7-27-11/h3-9,15H,2,22H2,1H3/b14-9-/t15-/m0/s1. The van der Waals surface area contributed by atoms with Gasteiger partial charge in [-0.3, -0.25) is 9.36 Å². The number of nitriles is 1. The summed E-state index contributed by atoms with van der Waals surface area (Å²) in [4.78, 5) is 25.7. The lowest BCUT2D eigenvalue weighted by Crippen LogP contribution is -2.40. The number of furan rings is 2. The van der Waals surface area contributed by atoms with Crippen LogP contribution in [0.2, 0.25) is 0 Å². The van der Waals surface area contributed by atoms with Crippen LogP contribution in [0.3, 0.4) is 0 Å². The van der Waals surface area contributed by atoms with Gasteiger partial charge in [0.25, 0.3) is 5.56 Å². The zero-order valence-electron chi connectivity index (χ0n) is 15.2. The highest BCUT2D eigenvalue weighted by Crippen LogP contribution is 2.36. The summed E-state index contributed by atoms with van der Waals surface area (Å²) in [6, 6.07) is 8.81. The molecule has 0 unspecified atom stereocenters. The molecule has 1 atom stereocenters. The fourth-order valence-electron chi connectivity index (χ4n) is 3.20. The Bertz CT molecular complexity index is 1320. The first-order chi connectivity index (χ1) is 14.1. The van der Waals surface area contributed by atoms with Crippen LogP contribution in [-0.4, -0.2) is 17.1 Å². The number of ether oxygens (including phenoxy) is 1. The summed E-state index contributed by atoms with van der Waals surface area (Å²) in [6.07, 6.45) is 4.49. The Balaban J connectivity index is 2.08. The van der Waals surface area contributed by atoms with Gasteiger partial charge in [0.2, 0.25) is 0 Å². The molecule has 0 bridgehead atoms. The fourth-order valence-corrected chi connectivity index (χ4v) is 4.31. The first-order valence-electron chi connectivity index (χ1n) is 8.68. The molecule has 146 valence electrons. The second-order valence-corrected chi connectivity index (χ2v) is 7.10. The van der Waals surface area contributed by atoms with E-state index in [-0.39, 0.29) is 23.6 Å². The van der Waals surface area contributed by atoms with E-state index in [2.05, 4.69) is 6.07 Å². The van der Waals surface area contributed by atoms with Crippen LogP contribution in [-0.2, 0) is 9.53 Å². The number of hydrogen-bond donors (Lipinski definition) is 1. The molecule has 4 heterocycles. The van der Waals surface area contributed by atoms with Crippen molar-refractivity contribution in [2.45, 2.75) is 12.8 Å². The molecular weight excluding hydrogens is 394 g/mol. The van der Waals surface area contributed by atoms with Crippen LogP contribution in [0.15, 0.2) is 56.0 Å². The van der Waals surface area contributed by atoms with Crippen LogP contribution in [0.5, 0.6) is 0 Å². The van der Waals surface area contributed by atoms with Crippen molar-refractivity contribution in [3.05, 3.63) is 73.4 Å². The second-order valence-electron chi connectivity index (χ2n) is 6.07. The molecule has 0 spiro atoms. The highest BCUT2D eigenvalue weighted by atomic mass is 32.1. The van der Waals surface area contributed by atoms with Gasteiger partial charge in [-0.25, -0.2) is 4.79 Å². The van der Waals surface area contributed by atoms with E-state index in [1.54, 1.807) is 37.3 Å². The average molecular weight is 409 g/mol. The van der Waals surface area contributed by atoms with Gasteiger partial charge in [-0.15, -0.1) is 11.3 Å². The lowest BCUT2D eigenvalue weighted by atomic mass is 9.88. The van der Waals surface area contributed by atoms with E-state index in [0.29, 0.717) is 20.7 Å².